The Morgan fingerprint density at radius 3 is 2.90 bits per heavy atom. The van der Waals surface area contributed by atoms with E-state index in [-0.39, 0.29) is 5.60 Å². The summed E-state index contributed by atoms with van der Waals surface area (Å²) in [6.45, 7) is 14.5. The van der Waals surface area contributed by atoms with E-state index in [9.17, 15) is 0 Å². The molecule has 0 spiro atoms. The van der Waals surface area contributed by atoms with Crippen molar-refractivity contribution in [2.45, 2.75) is 52.7 Å². The van der Waals surface area contributed by atoms with Gasteiger partial charge in [-0.15, -0.1) is 11.3 Å². The van der Waals surface area contributed by atoms with Gasteiger partial charge in [-0.05, 0) is 40.7 Å². The minimum absolute atomic E-state index is 0.0793. The fourth-order valence-electron chi connectivity index (χ4n) is 2.56. The number of nitrogens with zero attached hydrogens (tertiary/aromatic N) is 2. The van der Waals surface area contributed by atoms with Gasteiger partial charge >= 0.3 is 0 Å². The second-order valence-corrected chi connectivity index (χ2v) is 7.16. The number of hydrogen-bond acceptors (Lipinski definition) is 5. The molecule has 2 heterocycles. The van der Waals surface area contributed by atoms with Gasteiger partial charge in [-0.1, -0.05) is 6.92 Å². The van der Waals surface area contributed by atoms with Crippen LogP contribution in [0.15, 0.2) is 0 Å². The minimum Gasteiger partial charge on any atom is -0.372 e. The number of ether oxygens (including phenoxy) is 1. The molecule has 1 aromatic rings. The zero-order valence-electron chi connectivity index (χ0n) is 13.3. The third-order valence-electron chi connectivity index (χ3n) is 3.61. The molecule has 2 rings (SSSR count). The summed E-state index contributed by atoms with van der Waals surface area (Å²) in [5, 5.41) is 4.69. The smallest absolute Gasteiger partial charge is 0.186 e. The molecule has 1 fully saturated rings. The van der Waals surface area contributed by atoms with Gasteiger partial charge in [0.2, 0.25) is 0 Å². The van der Waals surface area contributed by atoms with E-state index < -0.39 is 0 Å². The first-order valence-corrected chi connectivity index (χ1v) is 8.34. The maximum Gasteiger partial charge on any atom is 0.186 e. The molecule has 0 bridgehead atoms. The van der Waals surface area contributed by atoms with Gasteiger partial charge in [-0.25, -0.2) is 4.98 Å². The fraction of sp³-hybridized carbons (Fsp3) is 0.800. The summed E-state index contributed by atoms with van der Waals surface area (Å²) in [7, 11) is 0. The molecule has 0 aliphatic carbocycles. The first-order valence-electron chi connectivity index (χ1n) is 7.52. The number of morpholine rings is 1. The molecule has 4 nitrogen and oxygen atoms in total. The summed E-state index contributed by atoms with van der Waals surface area (Å²) in [5.41, 5.74) is 1.08. The van der Waals surface area contributed by atoms with Crippen LogP contribution in [0, 0.1) is 6.92 Å². The number of hydrogen-bond donors (Lipinski definition) is 1. The highest BCUT2D eigenvalue weighted by molar-refractivity contribution is 7.15. The Kier molecular flexibility index (Phi) is 5.04. The number of aromatic nitrogens is 1. The molecule has 1 saturated heterocycles. The van der Waals surface area contributed by atoms with Gasteiger partial charge in [0.1, 0.15) is 0 Å². The monoisotopic (exact) mass is 297 g/mol. The Bertz CT molecular complexity index is 444. The van der Waals surface area contributed by atoms with Gasteiger partial charge in [-0.2, -0.15) is 0 Å². The zero-order valence-corrected chi connectivity index (χ0v) is 14.1. The third kappa shape index (κ3) is 3.71. The molecule has 20 heavy (non-hydrogen) atoms. The van der Waals surface area contributed by atoms with Crippen molar-refractivity contribution in [1.82, 2.24) is 10.3 Å². The van der Waals surface area contributed by atoms with E-state index in [0.717, 1.165) is 43.5 Å². The van der Waals surface area contributed by atoms with Crippen LogP contribution in [0.3, 0.4) is 0 Å². The summed E-state index contributed by atoms with van der Waals surface area (Å²) in [6.07, 6.45) is 1.16. The SMILES string of the molecule is CCCNC(C)c1sc(N2CCOC(C)(C)C2)nc1C. The topological polar surface area (TPSA) is 37.4 Å². The van der Waals surface area contributed by atoms with E-state index in [4.69, 9.17) is 9.72 Å². The van der Waals surface area contributed by atoms with Gasteiger partial charge in [0, 0.05) is 24.0 Å². The molecule has 0 aromatic carbocycles. The second-order valence-electron chi connectivity index (χ2n) is 6.15. The minimum atomic E-state index is -0.0793. The summed E-state index contributed by atoms with van der Waals surface area (Å²) in [6, 6.07) is 0.384. The molecule has 0 saturated carbocycles. The highest BCUT2D eigenvalue weighted by Crippen LogP contribution is 2.32. The van der Waals surface area contributed by atoms with Crippen LogP contribution in [0.25, 0.3) is 0 Å². The summed E-state index contributed by atoms with van der Waals surface area (Å²) in [5.74, 6) is 0. The summed E-state index contributed by atoms with van der Waals surface area (Å²) < 4.78 is 5.78. The van der Waals surface area contributed by atoms with Crippen molar-refractivity contribution in [1.29, 1.82) is 0 Å². The lowest BCUT2D eigenvalue weighted by Crippen LogP contribution is -2.48. The molecular formula is C15H27N3OS. The molecule has 1 atom stereocenters. The average Bonchev–Trinajstić information content (AvgIpc) is 2.77. The first-order chi connectivity index (χ1) is 9.43. The molecule has 1 aromatic heterocycles. The summed E-state index contributed by atoms with van der Waals surface area (Å²) >= 11 is 1.82. The summed E-state index contributed by atoms with van der Waals surface area (Å²) in [4.78, 5) is 8.50. The lowest BCUT2D eigenvalue weighted by molar-refractivity contribution is -0.0277. The first kappa shape index (κ1) is 15.7. The molecule has 0 radical (unpaired) electrons. The maximum atomic E-state index is 5.78. The standard InChI is InChI=1S/C15H27N3OS/c1-6-7-16-11(2)13-12(3)17-14(20-13)18-8-9-19-15(4,5)10-18/h11,16H,6-10H2,1-5H3. The second kappa shape index (κ2) is 6.41. The normalized spacial score (nSPS) is 20.1. The molecule has 1 unspecified atom stereocenters. The van der Waals surface area contributed by atoms with E-state index in [1.807, 2.05) is 11.3 Å². The molecule has 1 aliphatic heterocycles. The lowest BCUT2D eigenvalue weighted by Gasteiger charge is -2.38. The van der Waals surface area contributed by atoms with Crippen LogP contribution < -0.4 is 10.2 Å². The van der Waals surface area contributed by atoms with Gasteiger partial charge in [-0.3, -0.25) is 0 Å². The van der Waals surface area contributed by atoms with Crippen LogP contribution >= 0.6 is 11.3 Å². The molecule has 0 amide bonds. The van der Waals surface area contributed by atoms with Crippen LogP contribution in [0.4, 0.5) is 5.13 Å². The van der Waals surface area contributed by atoms with Crippen LogP contribution in [0.1, 0.15) is 50.7 Å². The highest BCUT2D eigenvalue weighted by Gasteiger charge is 2.29. The Morgan fingerprint density at radius 1 is 1.50 bits per heavy atom. The lowest BCUT2D eigenvalue weighted by atomic mass is 10.1. The predicted molar refractivity (Wildman–Crippen MR) is 85.8 cm³/mol. The van der Waals surface area contributed by atoms with Crippen molar-refractivity contribution in [3.63, 3.8) is 0 Å². The fourth-order valence-corrected chi connectivity index (χ4v) is 3.68. The largest absolute Gasteiger partial charge is 0.372 e. The highest BCUT2D eigenvalue weighted by atomic mass is 32.1. The Balaban J connectivity index is 2.10. The maximum absolute atomic E-state index is 5.78. The van der Waals surface area contributed by atoms with Crippen molar-refractivity contribution in [3.05, 3.63) is 10.6 Å². The van der Waals surface area contributed by atoms with E-state index >= 15 is 0 Å². The van der Waals surface area contributed by atoms with Gasteiger partial charge in [0.25, 0.3) is 0 Å². The quantitative estimate of drug-likeness (QED) is 0.906. The van der Waals surface area contributed by atoms with E-state index in [2.05, 4.69) is 44.8 Å². The predicted octanol–water partition coefficient (Wildman–Crippen LogP) is 3.13. The van der Waals surface area contributed by atoms with E-state index in [0.29, 0.717) is 6.04 Å². The number of anilines is 1. The van der Waals surface area contributed by atoms with Crippen molar-refractivity contribution in [2.75, 3.05) is 31.1 Å². The van der Waals surface area contributed by atoms with Crippen LogP contribution in [-0.2, 0) is 4.74 Å². The molecule has 114 valence electrons. The molecular weight excluding hydrogens is 270 g/mol. The van der Waals surface area contributed by atoms with Crippen molar-refractivity contribution < 1.29 is 4.74 Å². The van der Waals surface area contributed by atoms with Gasteiger partial charge < -0.3 is 15.0 Å². The van der Waals surface area contributed by atoms with Gasteiger partial charge in [0.05, 0.1) is 17.9 Å². The average molecular weight is 297 g/mol. The molecule has 1 aliphatic rings. The van der Waals surface area contributed by atoms with Crippen LogP contribution in [-0.4, -0.2) is 36.8 Å². The molecule has 5 heteroatoms. The number of aryl methyl sites for hydroxylation is 1. The van der Waals surface area contributed by atoms with Crippen LogP contribution in [0.5, 0.6) is 0 Å². The number of thiazole rings is 1. The van der Waals surface area contributed by atoms with Crippen molar-refractivity contribution in [3.8, 4) is 0 Å². The molecule has 1 N–H and O–H groups in total. The van der Waals surface area contributed by atoms with Crippen molar-refractivity contribution >= 4 is 16.5 Å². The third-order valence-corrected chi connectivity index (χ3v) is 5.01. The van der Waals surface area contributed by atoms with E-state index in [1.54, 1.807) is 0 Å². The van der Waals surface area contributed by atoms with E-state index in [1.165, 1.54) is 4.88 Å². The van der Waals surface area contributed by atoms with Gasteiger partial charge in [0.15, 0.2) is 5.13 Å². The zero-order chi connectivity index (χ0) is 14.8. The Morgan fingerprint density at radius 2 is 2.25 bits per heavy atom. The number of rotatable bonds is 5. The van der Waals surface area contributed by atoms with Crippen molar-refractivity contribution in [2.24, 2.45) is 0 Å². The number of nitrogens with one attached hydrogen (secondary N) is 1. The Hall–Kier alpha value is -0.650. The Labute approximate surface area is 126 Å². The van der Waals surface area contributed by atoms with Crippen LogP contribution in [0.2, 0.25) is 0 Å².